The summed E-state index contributed by atoms with van der Waals surface area (Å²) in [6.07, 6.45) is 0.565. The van der Waals surface area contributed by atoms with E-state index in [-0.39, 0.29) is 12.0 Å². The number of carboxylic acids is 2. The number of hydrogen-bond acceptors (Lipinski definition) is 3. The van der Waals surface area contributed by atoms with E-state index in [4.69, 9.17) is 15.9 Å². The molecular formula is C11H13NO4. The summed E-state index contributed by atoms with van der Waals surface area (Å²) in [4.78, 5) is 21.4. The largest absolute Gasteiger partial charge is 0.480 e. The van der Waals surface area contributed by atoms with E-state index < -0.39 is 18.0 Å². The van der Waals surface area contributed by atoms with Gasteiger partial charge in [-0.05, 0) is 24.5 Å². The van der Waals surface area contributed by atoms with E-state index in [2.05, 4.69) is 0 Å². The summed E-state index contributed by atoms with van der Waals surface area (Å²) in [6.45, 7) is 0. The van der Waals surface area contributed by atoms with E-state index in [0.717, 1.165) is 0 Å². The van der Waals surface area contributed by atoms with E-state index in [1.165, 1.54) is 6.07 Å². The average molecular weight is 223 g/mol. The molecule has 0 unspecified atom stereocenters. The lowest BCUT2D eigenvalue weighted by atomic mass is 10.0. The van der Waals surface area contributed by atoms with E-state index in [9.17, 15) is 9.59 Å². The first-order valence-electron chi connectivity index (χ1n) is 4.82. The normalized spacial score (nSPS) is 12.1. The van der Waals surface area contributed by atoms with Crippen molar-refractivity contribution in [1.29, 1.82) is 0 Å². The van der Waals surface area contributed by atoms with Gasteiger partial charge in [0.15, 0.2) is 0 Å². The lowest BCUT2D eigenvalue weighted by Gasteiger charge is -2.08. The summed E-state index contributed by atoms with van der Waals surface area (Å²) in [7, 11) is 0. The number of benzene rings is 1. The van der Waals surface area contributed by atoms with Crippen LogP contribution in [0.4, 0.5) is 0 Å². The zero-order chi connectivity index (χ0) is 12.1. The Hall–Kier alpha value is -1.88. The molecule has 5 heteroatoms. The van der Waals surface area contributed by atoms with Gasteiger partial charge >= 0.3 is 11.9 Å². The second kappa shape index (κ2) is 5.27. The molecule has 4 N–H and O–H groups in total. The van der Waals surface area contributed by atoms with Crippen LogP contribution in [0, 0.1) is 0 Å². The van der Waals surface area contributed by atoms with Crippen LogP contribution in [-0.2, 0) is 11.2 Å². The molecule has 0 aliphatic carbocycles. The lowest BCUT2D eigenvalue weighted by Crippen LogP contribution is -2.30. The maximum atomic E-state index is 10.9. The van der Waals surface area contributed by atoms with Gasteiger partial charge in [-0.3, -0.25) is 4.79 Å². The Kier molecular flexibility index (Phi) is 4.02. The van der Waals surface area contributed by atoms with Crippen LogP contribution in [0.5, 0.6) is 0 Å². The summed E-state index contributed by atoms with van der Waals surface area (Å²) in [6, 6.07) is 5.54. The molecule has 0 aliphatic rings. The molecular weight excluding hydrogens is 210 g/mol. The summed E-state index contributed by atoms with van der Waals surface area (Å²) < 4.78 is 0. The topological polar surface area (TPSA) is 101 Å². The van der Waals surface area contributed by atoms with Crippen LogP contribution in [0.25, 0.3) is 0 Å². The molecule has 1 rings (SSSR count). The Morgan fingerprint density at radius 2 is 1.88 bits per heavy atom. The second-order valence-corrected chi connectivity index (χ2v) is 3.45. The minimum absolute atomic E-state index is 0.195. The van der Waals surface area contributed by atoms with Crippen molar-refractivity contribution >= 4 is 11.9 Å². The van der Waals surface area contributed by atoms with Crippen molar-refractivity contribution in [3.63, 3.8) is 0 Å². The standard InChI is InChI=1S/C11H13NO4/c12-9(11(15)16)6-5-7-3-1-2-4-8(7)10(13)14/h1-4,9H,5-6,12H2,(H,13,14)(H,15,16)/t9-/m1/s1. The Morgan fingerprint density at radius 3 is 2.44 bits per heavy atom. The molecule has 86 valence electrons. The number of hydrogen-bond donors (Lipinski definition) is 3. The van der Waals surface area contributed by atoms with E-state index >= 15 is 0 Å². The van der Waals surface area contributed by atoms with Gasteiger partial charge in [0.05, 0.1) is 5.56 Å². The zero-order valence-electron chi connectivity index (χ0n) is 8.59. The Labute approximate surface area is 92.5 Å². The molecule has 0 aromatic heterocycles. The highest BCUT2D eigenvalue weighted by atomic mass is 16.4. The first-order valence-corrected chi connectivity index (χ1v) is 4.82. The van der Waals surface area contributed by atoms with Crippen LogP contribution in [0.1, 0.15) is 22.3 Å². The number of aryl methyl sites for hydroxylation is 1. The lowest BCUT2D eigenvalue weighted by molar-refractivity contribution is -0.138. The van der Waals surface area contributed by atoms with Crippen molar-refractivity contribution in [2.45, 2.75) is 18.9 Å². The van der Waals surface area contributed by atoms with Crippen molar-refractivity contribution in [3.05, 3.63) is 35.4 Å². The number of rotatable bonds is 5. The van der Waals surface area contributed by atoms with E-state index in [1.807, 2.05) is 0 Å². The van der Waals surface area contributed by atoms with Gasteiger partial charge in [0, 0.05) is 0 Å². The summed E-state index contributed by atoms with van der Waals surface area (Å²) >= 11 is 0. The highest BCUT2D eigenvalue weighted by Gasteiger charge is 2.14. The van der Waals surface area contributed by atoms with E-state index in [1.54, 1.807) is 18.2 Å². The van der Waals surface area contributed by atoms with Crippen LogP contribution in [0.3, 0.4) is 0 Å². The van der Waals surface area contributed by atoms with Gasteiger partial charge in [0.1, 0.15) is 6.04 Å². The second-order valence-electron chi connectivity index (χ2n) is 3.45. The predicted molar refractivity (Wildman–Crippen MR) is 57.3 cm³/mol. The number of aliphatic carboxylic acids is 1. The molecule has 0 bridgehead atoms. The molecule has 16 heavy (non-hydrogen) atoms. The molecule has 1 aromatic rings. The van der Waals surface area contributed by atoms with Gasteiger partial charge in [0.2, 0.25) is 0 Å². The van der Waals surface area contributed by atoms with Gasteiger partial charge in [-0.15, -0.1) is 0 Å². The molecule has 5 nitrogen and oxygen atoms in total. The minimum atomic E-state index is -1.08. The molecule has 0 saturated heterocycles. The van der Waals surface area contributed by atoms with Crippen LogP contribution in [-0.4, -0.2) is 28.2 Å². The predicted octanol–water partition coefficient (Wildman–Crippen LogP) is 0.729. The molecule has 0 fully saturated rings. The third kappa shape index (κ3) is 3.06. The number of carboxylic acid groups (broad SMARTS) is 2. The maximum absolute atomic E-state index is 10.9. The molecule has 0 saturated carbocycles. The van der Waals surface area contributed by atoms with E-state index in [0.29, 0.717) is 12.0 Å². The fourth-order valence-corrected chi connectivity index (χ4v) is 1.38. The third-order valence-corrected chi connectivity index (χ3v) is 2.29. The smallest absolute Gasteiger partial charge is 0.335 e. The first kappa shape index (κ1) is 12.2. The molecule has 0 heterocycles. The van der Waals surface area contributed by atoms with Crippen LogP contribution in [0.15, 0.2) is 24.3 Å². The fraction of sp³-hybridized carbons (Fsp3) is 0.273. The number of aromatic carboxylic acids is 1. The third-order valence-electron chi connectivity index (χ3n) is 2.29. The average Bonchev–Trinajstić information content (AvgIpc) is 2.25. The van der Waals surface area contributed by atoms with Crippen molar-refractivity contribution < 1.29 is 19.8 Å². The number of carbonyl (C=O) groups is 2. The van der Waals surface area contributed by atoms with Gasteiger partial charge in [-0.25, -0.2) is 4.79 Å². The summed E-state index contributed by atoms with van der Waals surface area (Å²) in [5.74, 6) is -2.09. The van der Waals surface area contributed by atoms with Crippen LogP contribution in [0.2, 0.25) is 0 Å². The molecule has 1 atom stereocenters. The van der Waals surface area contributed by atoms with Gasteiger partial charge in [-0.2, -0.15) is 0 Å². The van der Waals surface area contributed by atoms with Crippen molar-refractivity contribution in [2.24, 2.45) is 5.73 Å². The zero-order valence-corrected chi connectivity index (χ0v) is 8.59. The highest BCUT2D eigenvalue weighted by molar-refractivity contribution is 5.89. The fourth-order valence-electron chi connectivity index (χ4n) is 1.38. The number of nitrogens with two attached hydrogens (primary N) is 1. The quantitative estimate of drug-likeness (QED) is 0.683. The Balaban J connectivity index is 2.74. The monoisotopic (exact) mass is 223 g/mol. The molecule has 0 radical (unpaired) electrons. The highest BCUT2D eigenvalue weighted by Crippen LogP contribution is 2.11. The van der Waals surface area contributed by atoms with Crippen molar-refractivity contribution in [3.8, 4) is 0 Å². The van der Waals surface area contributed by atoms with Crippen LogP contribution < -0.4 is 5.73 Å². The Bertz CT molecular complexity index is 403. The maximum Gasteiger partial charge on any atom is 0.335 e. The van der Waals surface area contributed by atoms with Gasteiger partial charge in [0.25, 0.3) is 0 Å². The Morgan fingerprint density at radius 1 is 1.25 bits per heavy atom. The molecule has 0 spiro atoms. The summed E-state index contributed by atoms with van der Waals surface area (Å²) in [5, 5.41) is 17.5. The SMILES string of the molecule is N[C@H](CCc1ccccc1C(=O)O)C(=O)O. The van der Waals surface area contributed by atoms with Crippen molar-refractivity contribution in [2.75, 3.05) is 0 Å². The minimum Gasteiger partial charge on any atom is -0.480 e. The molecule has 0 aliphatic heterocycles. The van der Waals surface area contributed by atoms with Crippen LogP contribution >= 0.6 is 0 Å². The first-order chi connectivity index (χ1) is 7.52. The molecule has 0 amide bonds. The van der Waals surface area contributed by atoms with Crippen molar-refractivity contribution in [1.82, 2.24) is 0 Å². The van der Waals surface area contributed by atoms with Gasteiger partial charge in [-0.1, -0.05) is 18.2 Å². The molecule has 1 aromatic carbocycles. The summed E-state index contributed by atoms with van der Waals surface area (Å²) in [5.41, 5.74) is 6.14. The van der Waals surface area contributed by atoms with Gasteiger partial charge < -0.3 is 15.9 Å².